The van der Waals surface area contributed by atoms with Gasteiger partial charge in [0, 0.05) is 12.6 Å². The highest BCUT2D eigenvalue weighted by atomic mass is 16.4. The summed E-state index contributed by atoms with van der Waals surface area (Å²) in [6, 6.07) is 0.697. The van der Waals surface area contributed by atoms with E-state index in [1.165, 1.54) is 44.9 Å². The van der Waals surface area contributed by atoms with Crippen molar-refractivity contribution in [3.05, 3.63) is 0 Å². The molecule has 3 rings (SSSR count). The van der Waals surface area contributed by atoms with Crippen LogP contribution in [0.1, 0.15) is 70.6 Å². The van der Waals surface area contributed by atoms with Gasteiger partial charge in [-0.05, 0) is 44.6 Å². The summed E-state index contributed by atoms with van der Waals surface area (Å²) in [6.45, 7) is 1.97. The molecule has 0 aromatic carbocycles. The smallest absolute Gasteiger partial charge is 0.310 e. The predicted molar refractivity (Wildman–Crippen MR) is 79.7 cm³/mol. The molecule has 1 heterocycles. The standard InChI is InChI=1S/C17H29NO2/c19-16(20)17(10-5-1-2-6-11-17)13-18-12-9-14-7-3-4-8-15(14)18/h14-15H,1-13H2,(H,19,20). The Bertz CT molecular complexity index is 347. The first-order valence-electron chi connectivity index (χ1n) is 8.69. The highest BCUT2D eigenvalue weighted by Gasteiger charge is 2.44. The Balaban J connectivity index is 1.71. The summed E-state index contributed by atoms with van der Waals surface area (Å²) < 4.78 is 0. The molecule has 3 aliphatic rings. The van der Waals surface area contributed by atoms with Crippen LogP contribution in [-0.4, -0.2) is 35.1 Å². The molecule has 0 aromatic heterocycles. The number of aliphatic carboxylic acids is 1. The van der Waals surface area contributed by atoms with Gasteiger partial charge in [-0.2, -0.15) is 0 Å². The molecule has 20 heavy (non-hydrogen) atoms. The summed E-state index contributed by atoms with van der Waals surface area (Å²) in [5, 5.41) is 9.84. The molecule has 1 N–H and O–H groups in total. The van der Waals surface area contributed by atoms with Crippen LogP contribution in [0.5, 0.6) is 0 Å². The molecule has 3 nitrogen and oxygen atoms in total. The molecule has 114 valence electrons. The van der Waals surface area contributed by atoms with Crippen LogP contribution < -0.4 is 0 Å². The van der Waals surface area contributed by atoms with E-state index >= 15 is 0 Å². The zero-order valence-corrected chi connectivity index (χ0v) is 12.6. The second-order valence-electron chi connectivity index (χ2n) is 7.37. The molecular formula is C17H29NO2. The summed E-state index contributed by atoms with van der Waals surface area (Å²) in [5.74, 6) is 0.332. The third kappa shape index (κ3) is 2.74. The lowest BCUT2D eigenvalue weighted by Crippen LogP contribution is -2.46. The van der Waals surface area contributed by atoms with Gasteiger partial charge in [0.2, 0.25) is 0 Å². The summed E-state index contributed by atoms with van der Waals surface area (Å²) in [4.78, 5) is 14.5. The number of carboxylic acids is 1. The summed E-state index contributed by atoms with van der Waals surface area (Å²) in [7, 11) is 0. The van der Waals surface area contributed by atoms with Crippen molar-refractivity contribution in [1.29, 1.82) is 0 Å². The lowest BCUT2D eigenvalue weighted by molar-refractivity contribution is -0.151. The van der Waals surface area contributed by atoms with E-state index < -0.39 is 11.4 Å². The number of carbonyl (C=O) groups is 1. The van der Waals surface area contributed by atoms with Crippen LogP contribution in [-0.2, 0) is 4.79 Å². The Kier molecular flexibility index (Phi) is 4.34. The SMILES string of the molecule is O=C(O)C1(CN2CCC3CCCCC32)CCCCCC1. The Hall–Kier alpha value is -0.570. The van der Waals surface area contributed by atoms with Crippen LogP contribution in [0, 0.1) is 11.3 Å². The second-order valence-corrected chi connectivity index (χ2v) is 7.37. The van der Waals surface area contributed by atoms with E-state index in [0.29, 0.717) is 6.04 Å². The summed E-state index contributed by atoms with van der Waals surface area (Å²) in [6.07, 6.45) is 13.2. The van der Waals surface area contributed by atoms with Crippen molar-refractivity contribution in [2.45, 2.75) is 76.7 Å². The first-order chi connectivity index (χ1) is 9.71. The van der Waals surface area contributed by atoms with Crippen molar-refractivity contribution in [2.24, 2.45) is 11.3 Å². The molecule has 2 atom stereocenters. The molecule has 2 saturated carbocycles. The first kappa shape index (κ1) is 14.4. The van der Waals surface area contributed by atoms with Gasteiger partial charge in [0.25, 0.3) is 0 Å². The van der Waals surface area contributed by atoms with Gasteiger partial charge in [-0.25, -0.2) is 0 Å². The molecule has 0 aromatic rings. The minimum Gasteiger partial charge on any atom is -0.481 e. The molecule has 0 amide bonds. The van der Waals surface area contributed by atoms with Crippen LogP contribution in [0.25, 0.3) is 0 Å². The van der Waals surface area contributed by atoms with Crippen molar-refractivity contribution < 1.29 is 9.90 Å². The van der Waals surface area contributed by atoms with E-state index in [-0.39, 0.29) is 0 Å². The number of hydrogen-bond acceptors (Lipinski definition) is 2. The molecule has 3 heteroatoms. The molecule has 2 unspecified atom stereocenters. The van der Waals surface area contributed by atoms with Gasteiger partial charge in [-0.15, -0.1) is 0 Å². The van der Waals surface area contributed by atoms with Gasteiger partial charge in [-0.3, -0.25) is 9.69 Å². The van der Waals surface area contributed by atoms with Gasteiger partial charge >= 0.3 is 5.97 Å². The zero-order chi connectivity index (χ0) is 14.0. The average molecular weight is 279 g/mol. The van der Waals surface area contributed by atoms with Crippen molar-refractivity contribution in [3.8, 4) is 0 Å². The quantitative estimate of drug-likeness (QED) is 0.801. The Labute approximate surface area is 122 Å². The molecule has 0 spiro atoms. The normalized spacial score (nSPS) is 34.4. The van der Waals surface area contributed by atoms with Gasteiger partial charge in [0.1, 0.15) is 0 Å². The second kappa shape index (κ2) is 6.05. The third-order valence-corrected chi connectivity index (χ3v) is 6.15. The largest absolute Gasteiger partial charge is 0.481 e. The van der Waals surface area contributed by atoms with Crippen molar-refractivity contribution in [2.75, 3.05) is 13.1 Å². The number of likely N-dealkylation sites (tertiary alicyclic amines) is 1. The number of hydrogen-bond donors (Lipinski definition) is 1. The third-order valence-electron chi connectivity index (χ3n) is 6.15. The molecule has 1 aliphatic heterocycles. The van der Waals surface area contributed by atoms with Crippen LogP contribution in [0.3, 0.4) is 0 Å². The van der Waals surface area contributed by atoms with Gasteiger partial charge < -0.3 is 5.11 Å². The van der Waals surface area contributed by atoms with Gasteiger partial charge in [0.05, 0.1) is 5.41 Å². The van der Waals surface area contributed by atoms with E-state index in [9.17, 15) is 9.90 Å². The Morgan fingerprint density at radius 1 is 1.00 bits per heavy atom. The molecule has 0 bridgehead atoms. The molecule has 0 radical (unpaired) electrons. The highest BCUT2D eigenvalue weighted by molar-refractivity contribution is 5.75. The Morgan fingerprint density at radius 3 is 2.40 bits per heavy atom. The number of nitrogens with zero attached hydrogens (tertiary/aromatic N) is 1. The highest BCUT2D eigenvalue weighted by Crippen LogP contribution is 2.41. The summed E-state index contributed by atoms with van der Waals surface area (Å²) in [5.41, 5.74) is -0.442. The number of fused-ring (bicyclic) bond motifs is 1. The minimum atomic E-state index is -0.529. The van der Waals surface area contributed by atoms with E-state index in [0.717, 1.165) is 44.7 Å². The predicted octanol–water partition coefficient (Wildman–Crippen LogP) is 3.68. The van der Waals surface area contributed by atoms with Crippen LogP contribution in [0.2, 0.25) is 0 Å². The molecule has 1 saturated heterocycles. The Morgan fingerprint density at radius 2 is 1.70 bits per heavy atom. The van der Waals surface area contributed by atoms with E-state index in [2.05, 4.69) is 4.90 Å². The van der Waals surface area contributed by atoms with Crippen molar-refractivity contribution in [3.63, 3.8) is 0 Å². The van der Waals surface area contributed by atoms with E-state index in [1.54, 1.807) is 0 Å². The van der Waals surface area contributed by atoms with Gasteiger partial charge in [0.15, 0.2) is 0 Å². The van der Waals surface area contributed by atoms with Crippen LogP contribution in [0.4, 0.5) is 0 Å². The number of rotatable bonds is 3. The minimum absolute atomic E-state index is 0.442. The van der Waals surface area contributed by atoms with E-state index in [4.69, 9.17) is 0 Å². The molecule has 3 fully saturated rings. The molecular weight excluding hydrogens is 250 g/mol. The zero-order valence-electron chi connectivity index (χ0n) is 12.6. The fourth-order valence-electron chi connectivity index (χ4n) is 4.93. The maximum Gasteiger partial charge on any atom is 0.310 e. The van der Waals surface area contributed by atoms with Crippen LogP contribution in [0.15, 0.2) is 0 Å². The number of carboxylic acid groups (broad SMARTS) is 1. The fraction of sp³-hybridized carbons (Fsp3) is 0.941. The fourth-order valence-corrected chi connectivity index (χ4v) is 4.93. The monoisotopic (exact) mass is 279 g/mol. The summed E-state index contributed by atoms with van der Waals surface area (Å²) >= 11 is 0. The topological polar surface area (TPSA) is 40.5 Å². The lowest BCUT2D eigenvalue weighted by atomic mass is 9.79. The lowest BCUT2D eigenvalue weighted by Gasteiger charge is -2.38. The van der Waals surface area contributed by atoms with Crippen molar-refractivity contribution >= 4 is 5.97 Å². The average Bonchev–Trinajstić information content (AvgIpc) is 2.69. The van der Waals surface area contributed by atoms with E-state index in [1.807, 2.05) is 0 Å². The van der Waals surface area contributed by atoms with Crippen LogP contribution >= 0.6 is 0 Å². The van der Waals surface area contributed by atoms with Gasteiger partial charge in [-0.1, -0.05) is 38.5 Å². The molecule has 2 aliphatic carbocycles. The van der Waals surface area contributed by atoms with Crippen molar-refractivity contribution in [1.82, 2.24) is 4.90 Å². The maximum absolute atomic E-state index is 12.0. The first-order valence-corrected chi connectivity index (χ1v) is 8.69. The maximum atomic E-state index is 12.0.